The molecule has 0 saturated carbocycles. The molecule has 0 saturated heterocycles. The second kappa shape index (κ2) is 7.47. The van der Waals surface area contributed by atoms with E-state index in [0.717, 1.165) is 16.9 Å². The summed E-state index contributed by atoms with van der Waals surface area (Å²) < 4.78 is 15.1. The summed E-state index contributed by atoms with van der Waals surface area (Å²) in [5.74, 6) is 0.838. The molecule has 0 fully saturated rings. The SMILES string of the molecule is CC(C)C(CC(=O)NCc1ncc2ccccn12)c1ccc(F)cc1. The molecule has 1 amide bonds. The fraction of sp³-hybridized carbons (Fsp3) is 0.300. The van der Waals surface area contributed by atoms with Gasteiger partial charge in [0.1, 0.15) is 11.6 Å². The van der Waals surface area contributed by atoms with Gasteiger partial charge in [0, 0.05) is 12.6 Å². The van der Waals surface area contributed by atoms with E-state index in [2.05, 4.69) is 24.1 Å². The van der Waals surface area contributed by atoms with Gasteiger partial charge in [-0.05, 0) is 41.7 Å². The lowest BCUT2D eigenvalue weighted by Crippen LogP contribution is -2.26. The number of hydrogen-bond acceptors (Lipinski definition) is 2. The molecule has 0 bridgehead atoms. The van der Waals surface area contributed by atoms with Gasteiger partial charge in [0.15, 0.2) is 0 Å². The maximum atomic E-state index is 13.1. The Bertz CT molecular complexity index is 855. The van der Waals surface area contributed by atoms with Crippen molar-refractivity contribution < 1.29 is 9.18 Å². The molecule has 3 rings (SSSR count). The Balaban J connectivity index is 1.65. The van der Waals surface area contributed by atoms with E-state index in [1.165, 1.54) is 12.1 Å². The van der Waals surface area contributed by atoms with Crippen LogP contribution in [0.5, 0.6) is 0 Å². The van der Waals surface area contributed by atoms with E-state index in [1.54, 1.807) is 18.3 Å². The smallest absolute Gasteiger partial charge is 0.220 e. The molecule has 1 N–H and O–H groups in total. The second-order valence-corrected chi connectivity index (χ2v) is 6.55. The maximum absolute atomic E-state index is 13.1. The number of rotatable bonds is 6. The Labute approximate surface area is 146 Å². The van der Waals surface area contributed by atoms with Gasteiger partial charge in [0.2, 0.25) is 5.91 Å². The maximum Gasteiger partial charge on any atom is 0.220 e. The molecular weight excluding hydrogens is 317 g/mol. The molecule has 2 aromatic heterocycles. The van der Waals surface area contributed by atoms with Crippen LogP contribution in [0.4, 0.5) is 4.39 Å². The van der Waals surface area contributed by atoms with Crippen molar-refractivity contribution in [3.8, 4) is 0 Å². The Morgan fingerprint density at radius 3 is 2.68 bits per heavy atom. The largest absolute Gasteiger partial charge is 0.349 e. The second-order valence-electron chi connectivity index (χ2n) is 6.55. The molecule has 0 radical (unpaired) electrons. The molecule has 25 heavy (non-hydrogen) atoms. The quantitative estimate of drug-likeness (QED) is 0.740. The number of pyridine rings is 1. The van der Waals surface area contributed by atoms with E-state index in [9.17, 15) is 9.18 Å². The minimum Gasteiger partial charge on any atom is -0.349 e. The zero-order chi connectivity index (χ0) is 17.8. The molecule has 0 aliphatic carbocycles. The number of halogens is 1. The lowest BCUT2D eigenvalue weighted by molar-refractivity contribution is -0.121. The molecule has 1 atom stereocenters. The molecule has 1 unspecified atom stereocenters. The van der Waals surface area contributed by atoms with E-state index in [0.29, 0.717) is 13.0 Å². The number of nitrogens with zero attached hydrogens (tertiary/aromatic N) is 2. The van der Waals surface area contributed by atoms with Crippen molar-refractivity contribution in [1.29, 1.82) is 0 Å². The third-order valence-corrected chi connectivity index (χ3v) is 4.47. The highest BCUT2D eigenvalue weighted by Crippen LogP contribution is 2.28. The lowest BCUT2D eigenvalue weighted by atomic mass is 9.85. The first-order chi connectivity index (χ1) is 12.0. The lowest BCUT2D eigenvalue weighted by Gasteiger charge is -2.21. The normalized spacial score (nSPS) is 12.5. The predicted octanol–water partition coefficient (Wildman–Crippen LogP) is 3.92. The van der Waals surface area contributed by atoms with Gasteiger partial charge in [-0.2, -0.15) is 0 Å². The number of hydrogen-bond donors (Lipinski definition) is 1. The van der Waals surface area contributed by atoms with E-state index < -0.39 is 0 Å². The highest BCUT2D eigenvalue weighted by atomic mass is 19.1. The third kappa shape index (κ3) is 4.05. The van der Waals surface area contributed by atoms with Crippen LogP contribution in [0, 0.1) is 11.7 Å². The molecule has 3 aromatic rings. The van der Waals surface area contributed by atoms with Crippen LogP contribution in [0.2, 0.25) is 0 Å². The molecule has 5 heteroatoms. The first kappa shape index (κ1) is 17.1. The van der Waals surface area contributed by atoms with E-state index in [1.807, 2.05) is 28.8 Å². The Morgan fingerprint density at radius 2 is 1.96 bits per heavy atom. The van der Waals surface area contributed by atoms with Gasteiger partial charge in [-0.3, -0.25) is 4.79 Å². The predicted molar refractivity (Wildman–Crippen MR) is 95.6 cm³/mol. The molecule has 4 nitrogen and oxygen atoms in total. The summed E-state index contributed by atoms with van der Waals surface area (Å²) in [6, 6.07) is 12.3. The Kier molecular flexibility index (Phi) is 5.12. The van der Waals surface area contributed by atoms with Crippen LogP contribution in [-0.2, 0) is 11.3 Å². The van der Waals surface area contributed by atoms with Crippen LogP contribution in [-0.4, -0.2) is 15.3 Å². The summed E-state index contributed by atoms with van der Waals surface area (Å²) >= 11 is 0. The summed E-state index contributed by atoms with van der Waals surface area (Å²) in [7, 11) is 0. The van der Waals surface area contributed by atoms with Gasteiger partial charge in [0.25, 0.3) is 0 Å². The van der Waals surface area contributed by atoms with Gasteiger partial charge in [-0.15, -0.1) is 0 Å². The first-order valence-electron chi connectivity index (χ1n) is 8.47. The van der Waals surface area contributed by atoms with E-state index in [-0.39, 0.29) is 23.6 Å². The highest BCUT2D eigenvalue weighted by molar-refractivity contribution is 5.76. The number of carbonyl (C=O) groups is 1. The number of nitrogens with one attached hydrogen (secondary N) is 1. The molecule has 2 heterocycles. The van der Waals surface area contributed by atoms with Gasteiger partial charge >= 0.3 is 0 Å². The van der Waals surface area contributed by atoms with Crippen molar-refractivity contribution in [1.82, 2.24) is 14.7 Å². The zero-order valence-corrected chi connectivity index (χ0v) is 14.4. The fourth-order valence-corrected chi connectivity index (χ4v) is 3.03. The van der Waals surface area contributed by atoms with Gasteiger partial charge in [0.05, 0.1) is 18.3 Å². The summed E-state index contributed by atoms with van der Waals surface area (Å²) in [6.07, 6.45) is 4.09. The molecule has 1 aromatic carbocycles. The minimum absolute atomic E-state index is 0.0318. The molecule has 0 spiro atoms. The van der Waals surface area contributed by atoms with Crippen LogP contribution in [0.1, 0.15) is 37.6 Å². The molecule has 0 aliphatic rings. The molecular formula is C20H22FN3O. The summed E-state index contributed by atoms with van der Waals surface area (Å²) in [6.45, 7) is 4.53. The zero-order valence-electron chi connectivity index (χ0n) is 14.4. The van der Waals surface area contributed by atoms with Crippen LogP contribution in [0.15, 0.2) is 54.9 Å². The van der Waals surface area contributed by atoms with Crippen molar-refractivity contribution in [2.45, 2.75) is 32.7 Å². The van der Waals surface area contributed by atoms with Crippen molar-refractivity contribution in [3.63, 3.8) is 0 Å². The number of imidazole rings is 1. The Morgan fingerprint density at radius 1 is 1.20 bits per heavy atom. The highest BCUT2D eigenvalue weighted by Gasteiger charge is 2.20. The average molecular weight is 339 g/mol. The summed E-state index contributed by atoms with van der Waals surface area (Å²) in [5.41, 5.74) is 1.98. The number of amides is 1. The standard InChI is InChI=1S/C20H22FN3O/c1-14(2)18(15-6-8-16(21)9-7-15)11-20(25)23-13-19-22-12-17-5-3-4-10-24(17)19/h3-10,12,14,18H,11,13H2,1-2H3,(H,23,25). The van der Waals surface area contributed by atoms with E-state index >= 15 is 0 Å². The van der Waals surface area contributed by atoms with Crippen molar-refractivity contribution in [2.75, 3.05) is 0 Å². The third-order valence-electron chi connectivity index (χ3n) is 4.47. The minimum atomic E-state index is -0.262. The van der Waals surface area contributed by atoms with Gasteiger partial charge < -0.3 is 9.72 Å². The number of carbonyl (C=O) groups excluding carboxylic acids is 1. The summed E-state index contributed by atoms with van der Waals surface area (Å²) in [5, 5.41) is 2.95. The first-order valence-corrected chi connectivity index (χ1v) is 8.47. The van der Waals surface area contributed by atoms with Crippen LogP contribution in [0.25, 0.3) is 5.52 Å². The molecule has 130 valence electrons. The van der Waals surface area contributed by atoms with Crippen molar-refractivity contribution in [2.24, 2.45) is 5.92 Å². The Hall–Kier alpha value is -2.69. The van der Waals surface area contributed by atoms with Gasteiger partial charge in [-0.25, -0.2) is 9.37 Å². The van der Waals surface area contributed by atoms with Gasteiger partial charge in [-0.1, -0.05) is 32.0 Å². The van der Waals surface area contributed by atoms with Crippen LogP contribution < -0.4 is 5.32 Å². The summed E-state index contributed by atoms with van der Waals surface area (Å²) in [4.78, 5) is 16.8. The number of fused-ring (bicyclic) bond motifs is 1. The van der Waals surface area contributed by atoms with Crippen molar-refractivity contribution in [3.05, 3.63) is 72.1 Å². The number of benzene rings is 1. The van der Waals surface area contributed by atoms with Crippen LogP contribution >= 0.6 is 0 Å². The fourth-order valence-electron chi connectivity index (χ4n) is 3.03. The van der Waals surface area contributed by atoms with Crippen molar-refractivity contribution >= 4 is 11.4 Å². The topological polar surface area (TPSA) is 46.4 Å². The molecule has 0 aliphatic heterocycles. The van der Waals surface area contributed by atoms with E-state index in [4.69, 9.17) is 0 Å². The number of aromatic nitrogens is 2. The average Bonchev–Trinajstić information content (AvgIpc) is 3.02. The monoisotopic (exact) mass is 339 g/mol. The van der Waals surface area contributed by atoms with Crippen LogP contribution in [0.3, 0.4) is 0 Å².